The molecule has 1 unspecified atom stereocenters. The maximum absolute atomic E-state index is 3.60. The SMILES string of the molecule is CCCN(Cc1sccc1C)CC1CCCN1. The summed E-state index contributed by atoms with van der Waals surface area (Å²) in [7, 11) is 0. The van der Waals surface area contributed by atoms with E-state index in [1.165, 1.54) is 49.3 Å². The molecule has 1 aromatic heterocycles. The minimum atomic E-state index is 0.724. The van der Waals surface area contributed by atoms with Crippen LogP contribution in [0, 0.1) is 6.92 Å². The van der Waals surface area contributed by atoms with Crippen molar-refractivity contribution < 1.29 is 0 Å². The normalized spacial score (nSPS) is 20.3. The van der Waals surface area contributed by atoms with Crippen LogP contribution >= 0.6 is 11.3 Å². The van der Waals surface area contributed by atoms with Crippen LogP contribution in [0.4, 0.5) is 0 Å². The Morgan fingerprint density at radius 1 is 1.53 bits per heavy atom. The number of nitrogens with one attached hydrogen (secondary N) is 1. The monoisotopic (exact) mass is 252 g/mol. The largest absolute Gasteiger partial charge is 0.313 e. The molecule has 3 heteroatoms. The molecule has 0 radical (unpaired) electrons. The Morgan fingerprint density at radius 2 is 2.41 bits per heavy atom. The van der Waals surface area contributed by atoms with Crippen molar-refractivity contribution in [1.29, 1.82) is 0 Å². The Morgan fingerprint density at radius 3 is 3.00 bits per heavy atom. The van der Waals surface area contributed by atoms with Gasteiger partial charge in [-0.2, -0.15) is 0 Å². The quantitative estimate of drug-likeness (QED) is 0.837. The highest BCUT2D eigenvalue weighted by Gasteiger charge is 2.18. The molecule has 96 valence electrons. The van der Waals surface area contributed by atoms with Crippen molar-refractivity contribution in [3.8, 4) is 0 Å². The summed E-state index contributed by atoms with van der Waals surface area (Å²) >= 11 is 1.90. The van der Waals surface area contributed by atoms with Crippen LogP contribution in [-0.4, -0.2) is 30.6 Å². The second-order valence-corrected chi connectivity index (χ2v) is 6.06. The smallest absolute Gasteiger partial charge is 0.0331 e. The lowest BCUT2D eigenvalue weighted by atomic mass is 10.2. The first-order valence-corrected chi connectivity index (χ1v) is 7.66. The van der Waals surface area contributed by atoms with Crippen LogP contribution in [0.25, 0.3) is 0 Å². The number of nitrogens with zero attached hydrogens (tertiary/aromatic N) is 1. The summed E-state index contributed by atoms with van der Waals surface area (Å²) in [6.45, 7) is 9.28. The van der Waals surface area contributed by atoms with Crippen LogP contribution < -0.4 is 5.32 Å². The molecule has 0 aromatic carbocycles. The van der Waals surface area contributed by atoms with Crippen LogP contribution in [0.2, 0.25) is 0 Å². The predicted molar refractivity (Wildman–Crippen MR) is 75.6 cm³/mol. The van der Waals surface area contributed by atoms with Gasteiger partial charge in [-0.05, 0) is 56.3 Å². The third-order valence-corrected chi connectivity index (χ3v) is 4.52. The first-order chi connectivity index (χ1) is 8.29. The fourth-order valence-corrected chi connectivity index (χ4v) is 3.49. The van der Waals surface area contributed by atoms with Crippen LogP contribution in [0.1, 0.15) is 36.6 Å². The molecule has 1 N–H and O–H groups in total. The lowest BCUT2D eigenvalue weighted by Crippen LogP contribution is -2.37. The van der Waals surface area contributed by atoms with Gasteiger partial charge in [0.25, 0.3) is 0 Å². The van der Waals surface area contributed by atoms with E-state index in [4.69, 9.17) is 0 Å². The molecule has 1 atom stereocenters. The molecule has 0 bridgehead atoms. The van der Waals surface area contributed by atoms with E-state index in [0.717, 1.165) is 12.6 Å². The molecule has 1 fully saturated rings. The molecule has 2 rings (SSSR count). The van der Waals surface area contributed by atoms with Crippen LogP contribution in [-0.2, 0) is 6.54 Å². The summed E-state index contributed by atoms with van der Waals surface area (Å²) in [5.41, 5.74) is 1.45. The number of rotatable bonds is 6. The molecule has 0 amide bonds. The van der Waals surface area contributed by atoms with Crippen molar-refractivity contribution in [1.82, 2.24) is 10.2 Å². The van der Waals surface area contributed by atoms with Gasteiger partial charge in [0.15, 0.2) is 0 Å². The van der Waals surface area contributed by atoms with Gasteiger partial charge in [0.1, 0.15) is 0 Å². The molecular formula is C14H24N2S. The van der Waals surface area contributed by atoms with Gasteiger partial charge in [-0.15, -0.1) is 11.3 Å². The molecule has 17 heavy (non-hydrogen) atoms. The van der Waals surface area contributed by atoms with E-state index in [0.29, 0.717) is 0 Å². The molecule has 1 aromatic rings. The van der Waals surface area contributed by atoms with Gasteiger partial charge in [-0.1, -0.05) is 6.92 Å². The minimum Gasteiger partial charge on any atom is -0.313 e. The van der Waals surface area contributed by atoms with Gasteiger partial charge in [0.05, 0.1) is 0 Å². The first kappa shape index (κ1) is 13.1. The van der Waals surface area contributed by atoms with E-state index < -0.39 is 0 Å². The second-order valence-electron chi connectivity index (χ2n) is 5.06. The van der Waals surface area contributed by atoms with E-state index in [9.17, 15) is 0 Å². The summed E-state index contributed by atoms with van der Waals surface area (Å²) in [4.78, 5) is 4.15. The molecule has 1 saturated heterocycles. The zero-order chi connectivity index (χ0) is 12.1. The number of aryl methyl sites for hydroxylation is 1. The topological polar surface area (TPSA) is 15.3 Å². The molecule has 1 aliphatic heterocycles. The third kappa shape index (κ3) is 3.80. The van der Waals surface area contributed by atoms with Crippen molar-refractivity contribution in [3.63, 3.8) is 0 Å². The van der Waals surface area contributed by atoms with E-state index in [1.807, 2.05) is 11.3 Å². The van der Waals surface area contributed by atoms with Crippen molar-refractivity contribution in [2.24, 2.45) is 0 Å². The summed E-state index contributed by atoms with van der Waals surface area (Å²) in [6, 6.07) is 2.96. The average molecular weight is 252 g/mol. The summed E-state index contributed by atoms with van der Waals surface area (Å²) in [5, 5.41) is 5.81. The lowest BCUT2D eigenvalue weighted by molar-refractivity contribution is 0.243. The zero-order valence-corrected chi connectivity index (χ0v) is 11.9. The van der Waals surface area contributed by atoms with Gasteiger partial charge in [0, 0.05) is 24.0 Å². The van der Waals surface area contributed by atoms with E-state index >= 15 is 0 Å². The fraction of sp³-hybridized carbons (Fsp3) is 0.714. The number of hydrogen-bond acceptors (Lipinski definition) is 3. The van der Waals surface area contributed by atoms with Gasteiger partial charge >= 0.3 is 0 Å². The second kappa shape index (κ2) is 6.53. The number of thiophene rings is 1. The molecule has 0 saturated carbocycles. The summed E-state index contributed by atoms with van der Waals surface area (Å²) < 4.78 is 0. The van der Waals surface area contributed by atoms with Crippen molar-refractivity contribution in [2.75, 3.05) is 19.6 Å². The lowest BCUT2D eigenvalue weighted by Gasteiger charge is -2.25. The minimum absolute atomic E-state index is 0.724. The van der Waals surface area contributed by atoms with E-state index in [-0.39, 0.29) is 0 Å². The molecule has 1 aliphatic rings. The van der Waals surface area contributed by atoms with Gasteiger partial charge in [-0.3, -0.25) is 4.90 Å². The van der Waals surface area contributed by atoms with E-state index in [2.05, 4.69) is 35.5 Å². The van der Waals surface area contributed by atoms with Crippen LogP contribution in [0.15, 0.2) is 11.4 Å². The molecule has 0 spiro atoms. The first-order valence-electron chi connectivity index (χ1n) is 6.78. The van der Waals surface area contributed by atoms with Gasteiger partial charge < -0.3 is 5.32 Å². The van der Waals surface area contributed by atoms with Crippen molar-refractivity contribution in [3.05, 3.63) is 21.9 Å². The average Bonchev–Trinajstić information content (AvgIpc) is 2.92. The highest BCUT2D eigenvalue weighted by atomic mass is 32.1. The zero-order valence-electron chi connectivity index (χ0n) is 11.0. The van der Waals surface area contributed by atoms with Crippen molar-refractivity contribution in [2.45, 2.75) is 45.7 Å². The van der Waals surface area contributed by atoms with Crippen molar-refractivity contribution >= 4 is 11.3 Å². The fourth-order valence-electron chi connectivity index (χ4n) is 2.54. The number of hydrogen-bond donors (Lipinski definition) is 1. The Hall–Kier alpha value is -0.380. The van der Waals surface area contributed by atoms with E-state index in [1.54, 1.807) is 0 Å². The molecule has 2 heterocycles. The molecule has 2 nitrogen and oxygen atoms in total. The highest BCUT2D eigenvalue weighted by molar-refractivity contribution is 7.10. The Labute approximate surface area is 109 Å². The van der Waals surface area contributed by atoms with Crippen LogP contribution in [0.3, 0.4) is 0 Å². The summed E-state index contributed by atoms with van der Waals surface area (Å²) in [6.07, 6.45) is 3.95. The Bertz CT molecular complexity index is 329. The maximum Gasteiger partial charge on any atom is 0.0331 e. The Kier molecular flexibility index (Phi) is 5.01. The third-order valence-electron chi connectivity index (χ3n) is 3.52. The van der Waals surface area contributed by atoms with Gasteiger partial charge in [-0.25, -0.2) is 0 Å². The predicted octanol–water partition coefficient (Wildman–Crippen LogP) is 3.02. The van der Waals surface area contributed by atoms with Gasteiger partial charge in [0.2, 0.25) is 0 Å². The molecule has 0 aliphatic carbocycles. The maximum atomic E-state index is 3.60. The van der Waals surface area contributed by atoms with Crippen LogP contribution in [0.5, 0.6) is 0 Å². The highest BCUT2D eigenvalue weighted by Crippen LogP contribution is 2.19. The Balaban J connectivity index is 1.89. The summed E-state index contributed by atoms with van der Waals surface area (Å²) in [5.74, 6) is 0. The standard InChI is InChI=1S/C14H24N2S/c1-3-8-16(10-13-5-4-7-15-13)11-14-12(2)6-9-17-14/h6,9,13,15H,3-5,7-8,10-11H2,1-2H3. The molecular weight excluding hydrogens is 228 g/mol.